The molecule has 0 fully saturated rings. The van der Waals surface area contributed by atoms with E-state index in [1.807, 2.05) is 43.3 Å². The average Bonchev–Trinajstić information content (AvgIpc) is 2.61. The normalized spacial score (nSPS) is 10.5. The van der Waals surface area contributed by atoms with Gasteiger partial charge in [-0.25, -0.2) is 4.39 Å². The van der Waals surface area contributed by atoms with Gasteiger partial charge in [0.05, 0.1) is 6.42 Å². The molecule has 4 heteroatoms. The van der Waals surface area contributed by atoms with Crippen LogP contribution in [0.3, 0.4) is 0 Å². The summed E-state index contributed by atoms with van der Waals surface area (Å²) in [5.41, 5.74) is 3.36. The topological polar surface area (TPSA) is 46.5 Å². The summed E-state index contributed by atoms with van der Waals surface area (Å²) in [6.07, 6.45) is -0.126. The Morgan fingerprint density at radius 3 is 2.42 bits per heavy atom. The number of hydrogen-bond donors (Lipinski definition) is 1. The summed E-state index contributed by atoms with van der Waals surface area (Å²) in [7, 11) is 0. The maximum Gasteiger partial charge on any atom is 0.307 e. The van der Waals surface area contributed by atoms with Crippen LogP contribution >= 0.6 is 0 Å². The maximum atomic E-state index is 14.5. The summed E-state index contributed by atoms with van der Waals surface area (Å²) in [5.74, 6) is -0.772. The third-order valence-corrected chi connectivity index (χ3v) is 4.05. The van der Waals surface area contributed by atoms with E-state index >= 15 is 0 Å². The molecule has 0 spiro atoms. The van der Waals surface area contributed by atoms with Crippen LogP contribution in [0.5, 0.6) is 5.75 Å². The van der Waals surface area contributed by atoms with Crippen molar-refractivity contribution in [3.8, 4) is 16.9 Å². The fourth-order valence-electron chi connectivity index (χ4n) is 2.77. The number of halogens is 1. The Kier molecular flexibility index (Phi) is 5.32. The van der Waals surface area contributed by atoms with Crippen molar-refractivity contribution in [1.82, 2.24) is 0 Å². The minimum atomic E-state index is -0.932. The molecule has 0 aliphatic carbocycles. The van der Waals surface area contributed by atoms with Crippen LogP contribution in [0, 0.1) is 12.7 Å². The lowest BCUT2D eigenvalue weighted by atomic mass is 9.99. The number of aryl methyl sites for hydroxylation is 1. The van der Waals surface area contributed by atoms with E-state index in [1.54, 1.807) is 24.3 Å². The largest absolute Gasteiger partial charge is 0.488 e. The zero-order valence-electron chi connectivity index (χ0n) is 14.4. The molecule has 0 saturated carbocycles. The monoisotopic (exact) mass is 350 g/mol. The van der Waals surface area contributed by atoms with Gasteiger partial charge in [0, 0.05) is 11.1 Å². The summed E-state index contributed by atoms with van der Waals surface area (Å²) in [4.78, 5) is 11.0. The van der Waals surface area contributed by atoms with E-state index in [9.17, 15) is 9.18 Å². The second kappa shape index (κ2) is 7.83. The number of carboxylic acid groups (broad SMARTS) is 1. The fraction of sp³-hybridized carbons (Fsp3) is 0.136. The lowest BCUT2D eigenvalue weighted by molar-refractivity contribution is -0.136. The highest BCUT2D eigenvalue weighted by Crippen LogP contribution is 2.34. The molecule has 3 aromatic rings. The van der Waals surface area contributed by atoms with Gasteiger partial charge in [0.25, 0.3) is 0 Å². The second-order valence-corrected chi connectivity index (χ2v) is 6.16. The lowest BCUT2D eigenvalue weighted by Gasteiger charge is -2.14. The number of ether oxygens (including phenoxy) is 1. The van der Waals surface area contributed by atoms with E-state index in [0.29, 0.717) is 29.0 Å². The molecule has 3 rings (SSSR count). The van der Waals surface area contributed by atoms with E-state index in [1.165, 1.54) is 6.07 Å². The number of rotatable bonds is 6. The van der Waals surface area contributed by atoms with Crippen LogP contribution in [0.1, 0.15) is 16.7 Å². The molecular formula is C22H19FO3. The van der Waals surface area contributed by atoms with Crippen molar-refractivity contribution < 1.29 is 19.0 Å². The molecule has 0 bridgehead atoms. The van der Waals surface area contributed by atoms with Gasteiger partial charge in [0.1, 0.15) is 18.2 Å². The lowest BCUT2D eigenvalue weighted by Crippen LogP contribution is -2.02. The Morgan fingerprint density at radius 2 is 1.73 bits per heavy atom. The summed E-state index contributed by atoms with van der Waals surface area (Å²) < 4.78 is 20.4. The van der Waals surface area contributed by atoms with Crippen molar-refractivity contribution in [3.63, 3.8) is 0 Å². The van der Waals surface area contributed by atoms with Gasteiger partial charge in [-0.2, -0.15) is 0 Å². The minimum Gasteiger partial charge on any atom is -0.488 e. The second-order valence-electron chi connectivity index (χ2n) is 6.16. The first-order valence-corrected chi connectivity index (χ1v) is 8.31. The van der Waals surface area contributed by atoms with Gasteiger partial charge in [0.2, 0.25) is 0 Å². The molecule has 0 amide bonds. The minimum absolute atomic E-state index is 0.126. The number of carboxylic acids is 1. The van der Waals surface area contributed by atoms with Crippen molar-refractivity contribution in [2.45, 2.75) is 20.0 Å². The number of hydrogen-bond acceptors (Lipinski definition) is 2. The Morgan fingerprint density at radius 1 is 0.962 bits per heavy atom. The maximum absolute atomic E-state index is 14.5. The van der Waals surface area contributed by atoms with Gasteiger partial charge in [-0.1, -0.05) is 48.5 Å². The van der Waals surface area contributed by atoms with Crippen LogP contribution in [-0.2, 0) is 17.8 Å². The fourth-order valence-corrected chi connectivity index (χ4v) is 2.77. The van der Waals surface area contributed by atoms with Gasteiger partial charge in [0.15, 0.2) is 0 Å². The molecule has 132 valence electrons. The first-order valence-electron chi connectivity index (χ1n) is 8.31. The van der Waals surface area contributed by atoms with Gasteiger partial charge < -0.3 is 9.84 Å². The van der Waals surface area contributed by atoms with Crippen molar-refractivity contribution in [2.75, 3.05) is 0 Å². The van der Waals surface area contributed by atoms with E-state index in [2.05, 4.69) is 0 Å². The van der Waals surface area contributed by atoms with Crippen molar-refractivity contribution in [1.29, 1.82) is 0 Å². The molecule has 0 aliphatic rings. The average molecular weight is 350 g/mol. The van der Waals surface area contributed by atoms with E-state index < -0.39 is 5.97 Å². The molecule has 1 N–H and O–H groups in total. The Balaban J connectivity index is 1.98. The molecule has 0 radical (unpaired) electrons. The van der Waals surface area contributed by atoms with E-state index in [-0.39, 0.29) is 12.2 Å². The summed E-state index contributed by atoms with van der Waals surface area (Å²) in [5, 5.41) is 9.04. The number of benzene rings is 3. The van der Waals surface area contributed by atoms with Gasteiger partial charge >= 0.3 is 5.97 Å². The first-order chi connectivity index (χ1) is 12.5. The van der Waals surface area contributed by atoms with Crippen LogP contribution in [0.4, 0.5) is 4.39 Å². The molecule has 26 heavy (non-hydrogen) atoms. The Labute approximate surface area is 151 Å². The van der Waals surface area contributed by atoms with Gasteiger partial charge in [-0.05, 0) is 41.8 Å². The summed E-state index contributed by atoms with van der Waals surface area (Å²) in [6.45, 7) is 2.17. The molecule has 3 nitrogen and oxygen atoms in total. The molecular weight excluding hydrogens is 331 g/mol. The number of aliphatic carboxylic acids is 1. The van der Waals surface area contributed by atoms with Gasteiger partial charge in [-0.3, -0.25) is 4.79 Å². The predicted octanol–water partition coefficient (Wildman–Crippen LogP) is 5.01. The van der Waals surface area contributed by atoms with E-state index in [4.69, 9.17) is 9.84 Å². The Bertz CT molecular complexity index is 920. The standard InChI is InChI=1S/C22H19FO3/c1-15-7-9-18(20(23)11-15)19-12-17(13-22(24)25)8-10-21(19)26-14-16-5-3-2-4-6-16/h2-12H,13-14H2,1H3,(H,24,25). The van der Waals surface area contributed by atoms with Crippen molar-refractivity contribution >= 4 is 5.97 Å². The van der Waals surface area contributed by atoms with Crippen LogP contribution in [0.25, 0.3) is 11.1 Å². The van der Waals surface area contributed by atoms with Crippen LogP contribution in [0.2, 0.25) is 0 Å². The summed E-state index contributed by atoms with van der Waals surface area (Å²) >= 11 is 0. The molecule has 3 aromatic carbocycles. The highest BCUT2D eigenvalue weighted by Gasteiger charge is 2.14. The van der Waals surface area contributed by atoms with Crippen molar-refractivity contribution in [3.05, 3.63) is 89.2 Å². The molecule has 0 aromatic heterocycles. The third-order valence-electron chi connectivity index (χ3n) is 4.05. The first kappa shape index (κ1) is 17.7. The number of carbonyl (C=O) groups is 1. The van der Waals surface area contributed by atoms with E-state index in [0.717, 1.165) is 11.1 Å². The smallest absolute Gasteiger partial charge is 0.307 e. The highest BCUT2D eigenvalue weighted by molar-refractivity contribution is 5.75. The predicted molar refractivity (Wildman–Crippen MR) is 98.7 cm³/mol. The quantitative estimate of drug-likeness (QED) is 0.680. The highest BCUT2D eigenvalue weighted by atomic mass is 19.1. The van der Waals surface area contributed by atoms with Crippen LogP contribution in [-0.4, -0.2) is 11.1 Å². The molecule has 0 unspecified atom stereocenters. The zero-order chi connectivity index (χ0) is 18.5. The molecule has 0 atom stereocenters. The van der Waals surface area contributed by atoms with Crippen LogP contribution in [0.15, 0.2) is 66.7 Å². The molecule has 0 heterocycles. The Hall–Kier alpha value is -3.14. The van der Waals surface area contributed by atoms with Gasteiger partial charge in [-0.15, -0.1) is 0 Å². The molecule has 0 aliphatic heterocycles. The summed E-state index contributed by atoms with van der Waals surface area (Å²) in [6, 6.07) is 19.7. The van der Waals surface area contributed by atoms with Crippen molar-refractivity contribution in [2.24, 2.45) is 0 Å². The van der Waals surface area contributed by atoms with Crippen LogP contribution < -0.4 is 4.74 Å². The third kappa shape index (κ3) is 4.28. The SMILES string of the molecule is Cc1ccc(-c2cc(CC(=O)O)ccc2OCc2ccccc2)c(F)c1. The zero-order valence-corrected chi connectivity index (χ0v) is 14.4. The molecule has 0 saturated heterocycles.